The topological polar surface area (TPSA) is 0 Å². The predicted octanol–water partition coefficient (Wildman–Crippen LogP) is 12.2. The highest BCUT2D eigenvalue weighted by Gasteiger charge is 2.37. The van der Waals surface area contributed by atoms with Crippen molar-refractivity contribution in [2.45, 2.75) is 157 Å². The van der Waals surface area contributed by atoms with Crippen LogP contribution in [-0.2, 0) is 0 Å². The molecular weight excluding hydrogens is 446 g/mol. The van der Waals surface area contributed by atoms with E-state index in [0.717, 1.165) is 0 Å². The van der Waals surface area contributed by atoms with Gasteiger partial charge in [-0.3, -0.25) is 0 Å². The zero-order chi connectivity index (χ0) is 25.4. The number of hydrogen-bond donors (Lipinski definition) is 0. The maximum absolute atomic E-state index is 2.46. The van der Waals surface area contributed by atoms with Crippen molar-refractivity contribution in [2.75, 3.05) is 49.3 Å². The Morgan fingerprint density at radius 2 is 0.471 bits per heavy atom. The second-order valence-corrected chi connectivity index (χ2v) is 20.7. The highest BCUT2D eigenvalue weighted by atomic mass is 31.2. The number of unbranched alkanes of at least 4 members (excludes halogenated alkanes) is 11. The van der Waals surface area contributed by atoms with E-state index in [1.54, 1.807) is 62.1 Å². The van der Waals surface area contributed by atoms with E-state index in [2.05, 4.69) is 41.5 Å². The summed E-state index contributed by atoms with van der Waals surface area (Å²) >= 11 is 0. The van der Waals surface area contributed by atoms with Crippen LogP contribution in [0.15, 0.2) is 0 Å². The molecule has 34 heavy (non-hydrogen) atoms. The molecule has 0 rings (SSSR count). The summed E-state index contributed by atoms with van der Waals surface area (Å²) in [5.41, 5.74) is 0. The molecule has 0 aliphatic heterocycles. The molecule has 0 aromatic rings. The predicted molar refractivity (Wildman–Crippen MR) is 170 cm³/mol. The van der Waals surface area contributed by atoms with Gasteiger partial charge in [-0.1, -0.05) is 92.9 Å². The quantitative estimate of drug-likeness (QED) is 0.0752. The maximum Gasteiger partial charge on any atom is 0.0595 e. The fourth-order valence-corrected chi connectivity index (χ4v) is 16.6. The van der Waals surface area contributed by atoms with Gasteiger partial charge in [0.15, 0.2) is 0 Å². The van der Waals surface area contributed by atoms with Crippen molar-refractivity contribution in [3.63, 3.8) is 0 Å². The lowest BCUT2D eigenvalue weighted by Gasteiger charge is -2.30. The minimum atomic E-state index is -0.689. The third kappa shape index (κ3) is 17.3. The molecule has 0 aliphatic carbocycles. The van der Waals surface area contributed by atoms with Crippen molar-refractivity contribution in [2.24, 2.45) is 0 Å². The van der Waals surface area contributed by atoms with Gasteiger partial charge in [0.25, 0.3) is 0 Å². The lowest BCUT2D eigenvalue weighted by Crippen LogP contribution is -2.15. The van der Waals surface area contributed by atoms with Crippen molar-refractivity contribution >= 4 is 14.5 Å². The van der Waals surface area contributed by atoms with E-state index in [0.29, 0.717) is 0 Å². The molecule has 0 radical (unpaired) electrons. The molecule has 206 valence electrons. The molecule has 0 saturated heterocycles. The average Bonchev–Trinajstić information content (AvgIpc) is 2.82. The van der Waals surface area contributed by atoms with Gasteiger partial charge >= 0.3 is 0 Å². The van der Waals surface area contributed by atoms with E-state index in [9.17, 15) is 0 Å². The van der Waals surface area contributed by atoms with Gasteiger partial charge in [-0.25, -0.2) is 0 Å². The van der Waals surface area contributed by atoms with Crippen molar-refractivity contribution in [3.05, 3.63) is 0 Å². The summed E-state index contributed by atoms with van der Waals surface area (Å²) in [6, 6.07) is 0. The molecule has 0 fully saturated rings. The molecular formula is C32H70P2+2. The van der Waals surface area contributed by atoms with Crippen LogP contribution in [0.3, 0.4) is 0 Å². The normalized spacial score (nSPS) is 12.5. The molecule has 0 atom stereocenters. The Kier molecular flexibility index (Phi) is 24.8. The average molecular weight is 517 g/mol. The van der Waals surface area contributed by atoms with Gasteiger partial charge in [0.05, 0.1) is 49.3 Å². The van der Waals surface area contributed by atoms with E-state index in [1.807, 2.05) is 0 Å². The molecule has 0 aromatic carbocycles. The van der Waals surface area contributed by atoms with Crippen LogP contribution >= 0.6 is 14.5 Å². The zero-order valence-electron chi connectivity index (χ0n) is 25.3. The molecule has 0 bridgehead atoms. The summed E-state index contributed by atoms with van der Waals surface area (Å²) < 4.78 is 0. The molecule has 0 heterocycles. The Morgan fingerprint density at radius 1 is 0.235 bits per heavy atom. The third-order valence-corrected chi connectivity index (χ3v) is 18.9. The molecule has 0 aliphatic rings. The van der Waals surface area contributed by atoms with Crippen LogP contribution in [0.25, 0.3) is 0 Å². The first kappa shape index (κ1) is 34.9. The van der Waals surface area contributed by atoms with Crippen LogP contribution < -0.4 is 0 Å². The molecule has 0 amide bonds. The fourth-order valence-electron chi connectivity index (χ4n) is 6.59. The summed E-state index contributed by atoms with van der Waals surface area (Å²) in [6.07, 6.45) is 39.5. The molecule has 0 saturated carbocycles. The van der Waals surface area contributed by atoms with Gasteiger partial charge in [0.2, 0.25) is 0 Å². The van der Waals surface area contributed by atoms with Gasteiger partial charge in [0.1, 0.15) is 0 Å². The third-order valence-electron chi connectivity index (χ3n) is 8.28. The van der Waals surface area contributed by atoms with E-state index in [1.165, 1.54) is 103 Å². The lowest BCUT2D eigenvalue weighted by molar-refractivity contribution is 0.624. The van der Waals surface area contributed by atoms with Gasteiger partial charge in [-0.2, -0.15) is 0 Å². The monoisotopic (exact) mass is 516 g/mol. The van der Waals surface area contributed by atoms with Crippen molar-refractivity contribution in [3.8, 4) is 0 Å². The van der Waals surface area contributed by atoms with Gasteiger partial charge in [-0.05, 0) is 64.2 Å². The first-order valence-electron chi connectivity index (χ1n) is 16.3. The minimum absolute atomic E-state index is 0.689. The van der Waals surface area contributed by atoms with Crippen molar-refractivity contribution in [1.29, 1.82) is 0 Å². The van der Waals surface area contributed by atoms with Crippen LogP contribution in [0.1, 0.15) is 157 Å². The fraction of sp³-hybridized carbons (Fsp3) is 1.00. The summed E-state index contributed by atoms with van der Waals surface area (Å²) in [7, 11) is -1.38. The van der Waals surface area contributed by atoms with Crippen LogP contribution in [0.5, 0.6) is 0 Å². The molecule has 0 N–H and O–H groups in total. The van der Waals surface area contributed by atoms with Crippen LogP contribution in [0.2, 0.25) is 0 Å². The highest BCUT2D eigenvalue weighted by molar-refractivity contribution is 7.76. The Morgan fingerprint density at radius 3 is 0.735 bits per heavy atom. The Balaban J connectivity index is 4.77. The van der Waals surface area contributed by atoms with Gasteiger partial charge < -0.3 is 0 Å². The maximum atomic E-state index is 2.46. The lowest BCUT2D eigenvalue weighted by atomic mass is 10.1. The van der Waals surface area contributed by atoms with Crippen LogP contribution in [-0.4, -0.2) is 49.3 Å². The summed E-state index contributed by atoms with van der Waals surface area (Å²) in [5.74, 6) is 0. The number of hydrogen-bond acceptors (Lipinski definition) is 0. The molecule has 0 spiro atoms. The highest BCUT2D eigenvalue weighted by Crippen LogP contribution is 2.63. The molecule has 2 heteroatoms. The summed E-state index contributed by atoms with van der Waals surface area (Å²) in [5, 5.41) is 0. The van der Waals surface area contributed by atoms with Crippen LogP contribution in [0.4, 0.5) is 0 Å². The molecule has 0 aromatic heterocycles. The summed E-state index contributed by atoms with van der Waals surface area (Å²) in [6.45, 7) is 14.5. The van der Waals surface area contributed by atoms with Gasteiger partial charge in [0, 0.05) is 14.5 Å². The van der Waals surface area contributed by atoms with Crippen LogP contribution in [0, 0.1) is 0 Å². The van der Waals surface area contributed by atoms with E-state index in [4.69, 9.17) is 0 Å². The number of rotatable bonds is 27. The SMILES string of the molecule is CCCCCCCC[P+](CCC)(CCC)CCCC[P+](CCC)(CCC)CCCCCCCC. The Labute approximate surface area is 220 Å². The van der Waals surface area contributed by atoms with Gasteiger partial charge in [-0.15, -0.1) is 0 Å². The molecule has 0 unspecified atom stereocenters. The first-order chi connectivity index (χ1) is 16.6. The second-order valence-electron chi connectivity index (χ2n) is 11.7. The molecule has 0 nitrogen and oxygen atoms in total. The Bertz CT molecular complexity index is 356. The second kappa shape index (κ2) is 24.2. The summed E-state index contributed by atoms with van der Waals surface area (Å²) in [4.78, 5) is 0. The van der Waals surface area contributed by atoms with Crippen molar-refractivity contribution < 1.29 is 0 Å². The first-order valence-corrected chi connectivity index (χ1v) is 21.3. The van der Waals surface area contributed by atoms with Crippen molar-refractivity contribution in [1.82, 2.24) is 0 Å². The van der Waals surface area contributed by atoms with E-state index in [-0.39, 0.29) is 0 Å². The van der Waals surface area contributed by atoms with E-state index >= 15 is 0 Å². The zero-order valence-corrected chi connectivity index (χ0v) is 27.1. The Hall–Kier alpha value is 0.860. The minimum Gasteiger partial charge on any atom is -0.0654 e. The smallest absolute Gasteiger partial charge is 0.0595 e. The largest absolute Gasteiger partial charge is 0.0654 e. The van der Waals surface area contributed by atoms with E-state index < -0.39 is 14.5 Å². The standard InChI is InChI=1S/C32H70P2/c1-7-13-15-17-19-21-29-33(25-9-3,26-10-4)31-23-24-32-34(27-11-5,28-12-6)30-22-20-18-16-14-8-2/h7-32H2,1-6H3/q+2.